The first-order chi connectivity index (χ1) is 10.7. The highest BCUT2D eigenvalue weighted by atomic mass is 16.5. The lowest BCUT2D eigenvalue weighted by Gasteiger charge is -2.18. The molecule has 0 aliphatic heterocycles. The molecule has 8 nitrogen and oxygen atoms in total. The van der Waals surface area contributed by atoms with Crippen LogP contribution in [-0.2, 0) is 11.8 Å². The van der Waals surface area contributed by atoms with E-state index in [1.54, 1.807) is 13.0 Å². The summed E-state index contributed by atoms with van der Waals surface area (Å²) in [7, 11) is 0. The van der Waals surface area contributed by atoms with Gasteiger partial charge in [0, 0.05) is 17.5 Å². The molecule has 0 bridgehead atoms. The third-order valence-corrected chi connectivity index (χ3v) is 3.30. The minimum absolute atomic E-state index is 0.0563. The number of aromatic nitrogens is 4. The summed E-state index contributed by atoms with van der Waals surface area (Å²) in [6.07, 6.45) is 0.648. The Balaban J connectivity index is 2.20. The van der Waals surface area contributed by atoms with E-state index in [0.29, 0.717) is 23.8 Å². The van der Waals surface area contributed by atoms with E-state index < -0.39 is 17.6 Å². The van der Waals surface area contributed by atoms with E-state index in [9.17, 15) is 9.59 Å². The van der Waals surface area contributed by atoms with E-state index in [4.69, 9.17) is 4.52 Å². The molecule has 2 aromatic heterocycles. The van der Waals surface area contributed by atoms with E-state index >= 15 is 0 Å². The molecule has 2 heterocycles. The predicted octanol–water partition coefficient (Wildman–Crippen LogP) is 1.50. The van der Waals surface area contributed by atoms with Crippen LogP contribution in [0.25, 0.3) is 0 Å². The molecule has 1 atom stereocenters. The largest absolute Gasteiger partial charge is 0.345 e. The van der Waals surface area contributed by atoms with Gasteiger partial charge in [0.25, 0.3) is 5.91 Å². The molecule has 2 aromatic rings. The Labute approximate surface area is 133 Å². The van der Waals surface area contributed by atoms with Crippen LogP contribution in [0.3, 0.4) is 0 Å². The van der Waals surface area contributed by atoms with Gasteiger partial charge in [-0.1, -0.05) is 32.9 Å². The van der Waals surface area contributed by atoms with Gasteiger partial charge in [0.15, 0.2) is 5.82 Å². The molecule has 0 saturated heterocycles. The number of rotatable bonds is 4. The molecule has 124 valence electrons. The van der Waals surface area contributed by atoms with Crippen LogP contribution in [0.4, 0.5) is 0 Å². The van der Waals surface area contributed by atoms with Gasteiger partial charge in [0.2, 0.25) is 5.89 Å². The Bertz CT molecular complexity index is 757. The van der Waals surface area contributed by atoms with Gasteiger partial charge in [-0.3, -0.25) is 4.79 Å². The van der Waals surface area contributed by atoms with E-state index in [1.807, 2.05) is 27.7 Å². The summed E-state index contributed by atoms with van der Waals surface area (Å²) in [5.41, 5.74) is -0.158. The predicted molar refractivity (Wildman–Crippen MR) is 83.1 cm³/mol. The third kappa shape index (κ3) is 4.02. The third-order valence-electron chi connectivity index (χ3n) is 3.30. The summed E-state index contributed by atoms with van der Waals surface area (Å²) in [5, 5.41) is 6.49. The van der Waals surface area contributed by atoms with Crippen molar-refractivity contribution in [2.24, 2.45) is 0 Å². The van der Waals surface area contributed by atoms with E-state index in [2.05, 4.69) is 25.4 Å². The molecule has 2 rings (SSSR count). The summed E-state index contributed by atoms with van der Waals surface area (Å²) in [4.78, 5) is 34.5. The Morgan fingerprint density at radius 2 is 2.09 bits per heavy atom. The molecule has 0 spiro atoms. The van der Waals surface area contributed by atoms with Crippen LogP contribution in [0.1, 0.15) is 68.6 Å². The molecule has 23 heavy (non-hydrogen) atoms. The molecule has 0 unspecified atom stereocenters. The van der Waals surface area contributed by atoms with Crippen molar-refractivity contribution in [1.29, 1.82) is 0 Å². The van der Waals surface area contributed by atoms with E-state index in [-0.39, 0.29) is 11.1 Å². The fourth-order valence-electron chi connectivity index (χ4n) is 1.90. The first-order valence-corrected chi connectivity index (χ1v) is 7.46. The van der Waals surface area contributed by atoms with Crippen LogP contribution < -0.4 is 11.0 Å². The van der Waals surface area contributed by atoms with Crippen molar-refractivity contribution in [3.63, 3.8) is 0 Å². The maximum absolute atomic E-state index is 12.3. The quantitative estimate of drug-likeness (QED) is 0.883. The normalized spacial score (nSPS) is 12.9. The van der Waals surface area contributed by atoms with Gasteiger partial charge < -0.3 is 14.8 Å². The molecule has 0 fully saturated rings. The van der Waals surface area contributed by atoms with Gasteiger partial charge >= 0.3 is 5.69 Å². The Kier molecular flexibility index (Phi) is 4.63. The van der Waals surface area contributed by atoms with Crippen molar-refractivity contribution < 1.29 is 9.32 Å². The molecule has 8 heteroatoms. The second kappa shape index (κ2) is 6.31. The Hall–Kier alpha value is -2.51. The number of H-pyrrole nitrogens is 1. The number of carbonyl (C=O) groups excluding carboxylic acids is 1. The molecular formula is C15H21N5O3. The molecule has 0 aliphatic carbocycles. The Morgan fingerprint density at radius 3 is 2.65 bits per heavy atom. The van der Waals surface area contributed by atoms with E-state index in [1.165, 1.54) is 0 Å². The van der Waals surface area contributed by atoms with Gasteiger partial charge in [0.05, 0.1) is 0 Å². The maximum Gasteiger partial charge on any atom is 0.345 e. The lowest BCUT2D eigenvalue weighted by Crippen LogP contribution is -2.31. The van der Waals surface area contributed by atoms with Gasteiger partial charge in [0.1, 0.15) is 11.7 Å². The topological polar surface area (TPSA) is 114 Å². The van der Waals surface area contributed by atoms with Crippen molar-refractivity contribution in [3.8, 4) is 0 Å². The van der Waals surface area contributed by atoms with Gasteiger partial charge in [-0.05, 0) is 13.0 Å². The van der Waals surface area contributed by atoms with Gasteiger partial charge in [-0.25, -0.2) is 4.79 Å². The highest BCUT2D eigenvalue weighted by molar-refractivity contribution is 5.92. The van der Waals surface area contributed by atoms with Crippen LogP contribution in [0.15, 0.2) is 15.4 Å². The lowest BCUT2D eigenvalue weighted by molar-refractivity contribution is 0.0926. The average Bonchev–Trinajstić information content (AvgIpc) is 2.94. The zero-order valence-corrected chi connectivity index (χ0v) is 13.9. The number of carbonyl (C=O) groups is 1. The minimum Gasteiger partial charge on any atom is -0.339 e. The first kappa shape index (κ1) is 16.9. The SMILES string of the molecule is CCc1noc([C@@H](C)NC(=O)c2cc(C(C)(C)C)[nH]c(=O)n2)n1. The molecule has 0 saturated carbocycles. The molecule has 0 aliphatic rings. The number of aryl methyl sites for hydroxylation is 1. The van der Waals surface area contributed by atoms with Crippen LogP contribution in [0, 0.1) is 0 Å². The standard InChI is InChI=1S/C15H21N5O3/c1-6-11-19-13(23-20-11)8(2)16-12(21)9-7-10(15(3,4)5)18-14(22)17-9/h7-8H,6H2,1-5H3,(H,16,21)(H,17,18,22)/t8-/m1/s1. The number of amides is 1. The van der Waals surface area contributed by atoms with Crippen LogP contribution in [-0.4, -0.2) is 26.0 Å². The van der Waals surface area contributed by atoms with Crippen molar-refractivity contribution in [1.82, 2.24) is 25.4 Å². The number of nitrogens with zero attached hydrogens (tertiary/aromatic N) is 3. The number of aromatic amines is 1. The monoisotopic (exact) mass is 319 g/mol. The minimum atomic E-state index is -0.554. The first-order valence-electron chi connectivity index (χ1n) is 7.46. The van der Waals surface area contributed by atoms with Crippen molar-refractivity contribution in [2.75, 3.05) is 0 Å². The highest BCUT2D eigenvalue weighted by Gasteiger charge is 2.21. The molecule has 0 radical (unpaired) electrons. The van der Waals surface area contributed by atoms with Crippen molar-refractivity contribution in [2.45, 2.75) is 52.5 Å². The molecular weight excluding hydrogens is 298 g/mol. The number of nitrogens with one attached hydrogen (secondary N) is 2. The summed E-state index contributed by atoms with van der Waals surface area (Å²) >= 11 is 0. The van der Waals surface area contributed by atoms with Crippen LogP contribution >= 0.6 is 0 Å². The van der Waals surface area contributed by atoms with E-state index in [0.717, 1.165) is 0 Å². The second-order valence-corrected chi connectivity index (χ2v) is 6.33. The summed E-state index contributed by atoms with van der Waals surface area (Å²) in [5.74, 6) is 0.423. The average molecular weight is 319 g/mol. The van der Waals surface area contributed by atoms with Gasteiger partial charge in [-0.15, -0.1) is 0 Å². The fourth-order valence-corrected chi connectivity index (χ4v) is 1.90. The molecule has 1 amide bonds. The van der Waals surface area contributed by atoms with Crippen LogP contribution in [0.5, 0.6) is 0 Å². The second-order valence-electron chi connectivity index (χ2n) is 6.33. The van der Waals surface area contributed by atoms with Crippen molar-refractivity contribution in [3.05, 3.63) is 39.7 Å². The summed E-state index contributed by atoms with van der Waals surface area (Å²) < 4.78 is 5.09. The molecule has 2 N–H and O–H groups in total. The molecule has 0 aromatic carbocycles. The smallest absolute Gasteiger partial charge is 0.339 e. The maximum atomic E-state index is 12.3. The summed E-state index contributed by atoms with van der Waals surface area (Å²) in [6.45, 7) is 9.45. The Morgan fingerprint density at radius 1 is 1.39 bits per heavy atom. The zero-order valence-electron chi connectivity index (χ0n) is 13.9. The highest BCUT2D eigenvalue weighted by Crippen LogP contribution is 2.19. The lowest BCUT2D eigenvalue weighted by atomic mass is 9.91. The van der Waals surface area contributed by atoms with Gasteiger partial charge in [-0.2, -0.15) is 9.97 Å². The fraction of sp³-hybridized carbons (Fsp3) is 0.533. The summed E-state index contributed by atoms with van der Waals surface area (Å²) in [6, 6.07) is 1.10. The number of hydrogen-bond donors (Lipinski definition) is 2. The van der Waals surface area contributed by atoms with Crippen LogP contribution in [0.2, 0.25) is 0 Å². The zero-order chi connectivity index (χ0) is 17.2. The van der Waals surface area contributed by atoms with Crippen molar-refractivity contribution >= 4 is 5.91 Å². The number of hydrogen-bond acceptors (Lipinski definition) is 6.